The third-order valence-electron chi connectivity index (χ3n) is 2.84. The Bertz CT molecular complexity index is 887. The van der Waals surface area contributed by atoms with Gasteiger partial charge in [-0.1, -0.05) is 17.5 Å². The lowest BCUT2D eigenvalue weighted by Crippen LogP contribution is -2.54. The lowest BCUT2D eigenvalue weighted by atomic mass is 10.2. The van der Waals surface area contributed by atoms with E-state index >= 15 is 0 Å². The zero-order valence-electron chi connectivity index (χ0n) is 11.6. The lowest BCUT2D eigenvalue weighted by molar-refractivity contribution is -0.648. The Hall–Kier alpha value is -2.73. The number of hydrogen-bond donors (Lipinski definition) is 0. The van der Waals surface area contributed by atoms with Crippen LogP contribution in [0.1, 0.15) is 5.69 Å². The van der Waals surface area contributed by atoms with Gasteiger partial charge in [0.1, 0.15) is 18.6 Å². The molecule has 2 rings (SSSR count). The van der Waals surface area contributed by atoms with Crippen LogP contribution in [-0.4, -0.2) is 11.2 Å². The molecule has 126 valence electrons. The summed E-state index contributed by atoms with van der Waals surface area (Å²) in [5.74, 6) is 0.992. The molecule has 1 aromatic heterocycles. The number of terminal acetylenes is 1. The molecule has 24 heavy (non-hydrogen) atoms. The van der Waals surface area contributed by atoms with Crippen molar-refractivity contribution in [1.29, 1.82) is 0 Å². The Balaban J connectivity index is 2.63. The van der Waals surface area contributed by atoms with Crippen LogP contribution in [0, 0.1) is 23.4 Å². The van der Waals surface area contributed by atoms with Crippen LogP contribution in [0.25, 0.3) is 5.69 Å². The average Bonchev–Trinajstić information content (AvgIpc) is 2.48. The van der Waals surface area contributed by atoms with E-state index in [0.29, 0.717) is 16.8 Å². The van der Waals surface area contributed by atoms with Gasteiger partial charge in [0, 0.05) is 18.2 Å². The molecule has 0 aliphatic carbocycles. The van der Waals surface area contributed by atoms with Crippen molar-refractivity contribution in [1.82, 2.24) is 4.57 Å². The Morgan fingerprint density at radius 2 is 2.08 bits per heavy atom. The second kappa shape index (κ2) is 6.41. The van der Waals surface area contributed by atoms with Crippen molar-refractivity contribution in [3.05, 3.63) is 56.6 Å². The molecule has 2 aromatic rings. The van der Waals surface area contributed by atoms with E-state index in [0.717, 1.165) is 12.1 Å². The fourth-order valence-electron chi connectivity index (χ4n) is 1.80. The molecule has 1 heterocycles. The summed E-state index contributed by atoms with van der Waals surface area (Å²) in [6.07, 6.45) is 0.602. The van der Waals surface area contributed by atoms with Crippen molar-refractivity contribution >= 4 is 11.6 Å². The number of aromatic nitrogens is 2. The number of halogens is 5. The van der Waals surface area contributed by atoms with Gasteiger partial charge in [-0.05, 0) is 0 Å². The molecule has 1 aromatic carbocycles. The molecule has 0 atom stereocenters. The molecule has 0 spiro atoms. The normalized spacial score (nSPS) is 11.2. The van der Waals surface area contributed by atoms with Gasteiger partial charge in [-0.3, -0.25) is 0 Å². The number of ether oxygens (including phenoxy) is 1. The minimum atomic E-state index is -5.03. The molecule has 0 aliphatic rings. The Morgan fingerprint density at radius 3 is 2.67 bits per heavy atom. The summed E-state index contributed by atoms with van der Waals surface area (Å²) in [5.41, 5.74) is -3.88. The molecule has 0 bridgehead atoms. The van der Waals surface area contributed by atoms with Gasteiger partial charge in [0.25, 0.3) is 0 Å². The largest absolute Gasteiger partial charge is 0.708 e. The van der Waals surface area contributed by atoms with Crippen molar-refractivity contribution in [3.63, 3.8) is 0 Å². The summed E-state index contributed by atoms with van der Waals surface area (Å²) in [4.78, 5) is 11.8. The van der Waals surface area contributed by atoms with Gasteiger partial charge < -0.3 is 9.94 Å². The third kappa shape index (κ3) is 3.28. The molecule has 5 nitrogen and oxygen atoms in total. The van der Waals surface area contributed by atoms with E-state index in [1.54, 1.807) is 0 Å². The summed E-state index contributed by atoms with van der Waals surface area (Å²) in [6, 6.07) is 2.08. The van der Waals surface area contributed by atoms with Crippen molar-refractivity contribution in [2.75, 3.05) is 6.61 Å². The molecule has 0 aliphatic heterocycles. The highest BCUT2D eigenvalue weighted by molar-refractivity contribution is 6.32. The van der Waals surface area contributed by atoms with Crippen molar-refractivity contribution < 1.29 is 27.0 Å². The predicted molar refractivity (Wildman–Crippen MR) is 75.3 cm³/mol. The molecule has 0 amide bonds. The fraction of sp³-hybridized carbons (Fsp3) is 0.143. The van der Waals surface area contributed by atoms with Crippen LogP contribution in [0.15, 0.2) is 29.2 Å². The van der Waals surface area contributed by atoms with Crippen LogP contribution in [0.2, 0.25) is 5.02 Å². The average molecular weight is 363 g/mol. The zero-order valence-corrected chi connectivity index (χ0v) is 12.4. The standard InChI is InChI=1S/C14H7ClF4N2O3/c1-2-5-24-11-7-10(9(16)6-8(11)15)20-4-3-12(14(17,18)19)21(23)13(20)22/h1,3-4,6-7H,5H2. The maximum absolute atomic E-state index is 14.0. The molecular weight excluding hydrogens is 356 g/mol. The first-order valence-corrected chi connectivity index (χ1v) is 6.52. The number of rotatable bonds is 3. The van der Waals surface area contributed by atoms with Crippen LogP contribution in [0.5, 0.6) is 5.75 Å². The Labute approximate surface area is 137 Å². The first-order valence-electron chi connectivity index (χ1n) is 6.15. The molecule has 0 fully saturated rings. The topological polar surface area (TPSA) is 58.2 Å². The molecule has 0 unspecified atom stereocenters. The van der Waals surface area contributed by atoms with Gasteiger partial charge in [0.2, 0.25) is 5.69 Å². The quantitative estimate of drug-likeness (QED) is 0.364. The highest BCUT2D eigenvalue weighted by atomic mass is 35.5. The molecule has 0 N–H and O–H groups in total. The van der Waals surface area contributed by atoms with Gasteiger partial charge in [-0.15, -0.1) is 6.42 Å². The van der Waals surface area contributed by atoms with Gasteiger partial charge >= 0.3 is 11.9 Å². The monoisotopic (exact) mass is 362 g/mol. The van der Waals surface area contributed by atoms with E-state index in [4.69, 9.17) is 22.8 Å². The van der Waals surface area contributed by atoms with E-state index in [1.165, 1.54) is 0 Å². The van der Waals surface area contributed by atoms with Crippen LogP contribution in [0.4, 0.5) is 17.6 Å². The van der Waals surface area contributed by atoms with E-state index in [2.05, 4.69) is 5.92 Å². The minimum absolute atomic E-state index is 0.102. The second-order valence-corrected chi connectivity index (χ2v) is 4.78. The third-order valence-corrected chi connectivity index (χ3v) is 3.14. The smallest absolute Gasteiger partial charge is 0.506 e. The van der Waals surface area contributed by atoms with E-state index in [-0.39, 0.29) is 17.4 Å². The fourth-order valence-corrected chi connectivity index (χ4v) is 2.01. The molecule has 0 radical (unpaired) electrons. The molecule has 0 saturated carbocycles. The second-order valence-electron chi connectivity index (χ2n) is 4.37. The SMILES string of the molecule is C#CCOc1cc(-n2ccc(C(F)(F)F)[n+]([O-])c2=O)c(F)cc1Cl. The van der Waals surface area contributed by atoms with Crippen molar-refractivity contribution in [2.45, 2.75) is 6.18 Å². The van der Waals surface area contributed by atoms with Crippen LogP contribution in [-0.2, 0) is 6.18 Å². The summed E-state index contributed by atoms with van der Waals surface area (Å²) in [5, 5.41) is 11.3. The number of nitrogens with zero attached hydrogens (tertiary/aromatic N) is 2. The predicted octanol–water partition coefficient (Wildman–Crippen LogP) is 2.29. The Kier molecular flexibility index (Phi) is 4.71. The van der Waals surface area contributed by atoms with Crippen molar-refractivity contribution in [3.8, 4) is 23.8 Å². The highest BCUT2D eigenvalue weighted by Gasteiger charge is 2.38. The zero-order chi connectivity index (χ0) is 18.1. The van der Waals surface area contributed by atoms with Crippen LogP contribution in [0.3, 0.4) is 0 Å². The first-order chi connectivity index (χ1) is 11.2. The number of benzene rings is 1. The van der Waals surface area contributed by atoms with Gasteiger partial charge in [-0.25, -0.2) is 4.39 Å². The summed E-state index contributed by atoms with van der Waals surface area (Å²) < 4.78 is 56.4. The summed E-state index contributed by atoms with van der Waals surface area (Å²) in [7, 11) is 0. The molecule has 0 saturated heterocycles. The summed E-state index contributed by atoms with van der Waals surface area (Å²) in [6.45, 7) is -0.214. The maximum atomic E-state index is 14.0. The maximum Gasteiger partial charge on any atom is 0.506 e. The van der Waals surface area contributed by atoms with E-state index < -0.39 is 33.8 Å². The molecule has 10 heteroatoms. The number of hydrogen-bond acceptors (Lipinski definition) is 3. The minimum Gasteiger partial charge on any atom is -0.708 e. The van der Waals surface area contributed by atoms with E-state index in [9.17, 15) is 27.6 Å². The van der Waals surface area contributed by atoms with Gasteiger partial charge in [-0.2, -0.15) is 27.3 Å². The summed E-state index contributed by atoms with van der Waals surface area (Å²) >= 11 is 5.74. The highest BCUT2D eigenvalue weighted by Crippen LogP contribution is 2.30. The Morgan fingerprint density at radius 1 is 1.42 bits per heavy atom. The lowest BCUT2D eigenvalue weighted by Gasteiger charge is -2.12. The van der Waals surface area contributed by atoms with Gasteiger partial charge in [0.15, 0.2) is 11.5 Å². The van der Waals surface area contributed by atoms with E-state index in [1.807, 2.05) is 0 Å². The molecular formula is C14H7ClF4N2O3. The van der Waals surface area contributed by atoms with Crippen LogP contribution < -0.4 is 15.2 Å². The number of alkyl halides is 3. The van der Waals surface area contributed by atoms with Gasteiger partial charge in [0.05, 0.1) is 5.02 Å². The van der Waals surface area contributed by atoms with Crippen molar-refractivity contribution in [2.24, 2.45) is 0 Å². The first kappa shape index (κ1) is 17.6. The van der Waals surface area contributed by atoms with Crippen LogP contribution >= 0.6 is 11.6 Å².